The first-order chi connectivity index (χ1) is 7.68. The molecule has 1 aliphatic heterocycles. The third-order valence-corrected chi connectivity index (χ3v) is 3.16. The Kier molecular flexibility index (Phi) is 3.59. The van der Waals surface area contributed by atoms with Crippen LogP contribution in [0.2, 0.25) is 0 Å². The highest BCUT2D eigenvalue weighted by molar-refractivity contribution is 4.99. The molecule has 1 aromatic heterocycles. The van der Waals surface area contributed by atoms with Crippen LogP contribution in [0.3, 0.4) is 0 Å². The van der Waals surface area contributed by atoms with Crippen LogP contribution in [-0.2, 0) is 6.42 Å². The van der Waals surface area contributed by atoms with Crippen molar-refractivity contribution in [1.82, 2.24) is 20.1 Å². The molecule has 4 nitrogen and oxygen atoms in total. The molecule has 1 fully saturated rings. The molecule has 0 bridgehead atoms. The van der Waals surface area contributed by atoms with Crippen molar-refractivity contribution in [3.05, 3.63) is 11.6 Å². The topological polar surface area (TPSA) is 42.7 Å². The van der Waals surface area contributed by atoms with Crippen LogP contribution < -0.4 is 5.32 Å². The molecule has 1 saturated heterocycles. The van der Waals surface area contributed by atoms with Gasteiger partial charge in [0.2, 0.25) is 0 Å². The molecule has 0 aromatic carbocycles. The Balaban J connectivity index is 2.19. The minimum atomic E-state index is 0.553. The monoisotopic (exact) mass is 222 g/mol. The Labute approximate surface area is 97.5 Å². The van der Waals surface area contributed by atoms with Crippen molar-refractivity contribution in [1.29, 1.82) is 0 Å². The second kappa shape index (κ2) is 4.95. The van der Waals surface area contributed by atoms with Crippen LogP contribution in [0.15, 0.2) is 0 Å². The molecule has 2 heterocycles. The number of rotatable bonds is 3. The van der Waals surface area contributed by atoms with Crippen LogP contribution in [0.1, 0.15) is 44.4 Å². The lowest BCUT2D eigenvalue weighted by atomic mass is 10.1. The fourth-order valence-corrected chi connectivity index (χ4v) is 2.45. The van der Waals surface area contributed by atoms with E-state index in [0.29, 0.717) is 12.0 Å². The predicted octanol–water partition coefficient (Wildman–Crippen LogP) is 1.71. The Hall–Kier alpha value is -0.900. The van der Waals surface area contributed by atoms with Gasteiger partial charge in [0.15, 0.2) is 0 Å². The molecule has 0 amide bonds. The molecule has 1 unspecified atom stereocenters. The molecular formula is C12H22N4. The summed E-state index contributed by atoms with van der Waals surface area (Å²) in [7, 11) is 0. The van der Waals surface area contributed by atoms with Crippen LogP contribution in [0.25, 0.3) is 0 Å². The second-order valence-electron chi connectivity index (χ2n) is 5.13. The average Bonchev–Trinajstić information content (AvgIpc) is 2.60. The van der Waals surface area contributed by atoms with E-state index in [-0.39, 0.29) is 0 Å². The quantitative estimate of drug-likeness (QED) is 0.846. The number of nitrogens with one attached hydrogen (secondary N) is 1. The van der Waals surface area contributed by atoms with E-state index < -0.39 is 0 Å². The maximum atomic E-state index is 4.32. The highest BCUT2D eigenvalue weighted by atomic mass is 15.3. The molecule has 1 aliphatic rings. The molecule has 16 heavy (non-hydrogen) atoms. The summed E-state index contributed by atoms with van der Waals surface area (Å²) in [6, 6.07) is 0.553. The van der Waals surface area contributed by atoms with Crippen LogP contribution in [0.4, 0.5) is 0 Å². The summed E-state index contributed by atoms with van der Waals surface area (Å²) in [5, 5.41) is 12.0. The van der Waals surface area contributed by atoms with E-state index in [0.717, 1.165) is 31.2 Å². The van der Waals surface area contributed by atoms with Crippen molar-refractivity contribution in [2.75, 3.05) is 13.1 Å². The smallest absolute Gasteiger partial charge is 0.133 e. The molecule has 0 aliphatic carbocycles. The number of aromatic nitrogens is 3. The first kappa shape index (κ1) is 11.6. The normalized spacial score (nSPS) is 21.6. The van der Waals surface area contributed by atoms with Gasteiger partial charge in [-0.2, -0.15) is 0 Å². The molecule has 0 spiro atoms. The molecule has 2 rings (SSSR count). The van der Waals surface area contributed by atoms with Gasteiger partial charge in [-0.25, -0.2) is 0 Å². The predicted molar refractivity (Wildman–Crippen MR) is 64.4 cm³/mol. The number of aryl methyl sites for hydroxylation is 1. The lowest BCUT2D eigenvalue weighted by molar-refractivity contribution is 0.354. The van der Waals surface area contributed by atoms with E-state index in [1.165, 1.54) is 12.8 Å². The van der Waals surface area contributed by atoms with Gasteiger partial charge in [-0.05, 0) is 32.2 Å². The van der Waals surface area contributed by atoms with Gasteiger partial charge in [0.05, 0.1) is 0 Å². The highest BCUT2D eigenvalue weighted by Crippen LogP contribution is 2.21. The van der Waals surface area contributed by atoms with E-state index >= 15 is 0 Å². The molecule has 0 radical (unpaired) electrons. The third kappa shape index (κ3) is 2.43. The molecule has 1 aromatic rings. The van der Waals surface area contributed by atoms with Gasteiger partial charge in [0.1, 0.15) is 11.6 Å². The number of piperidine rings is 1. The van der Waals surface area contributed by atoms with Crippen LogP contribution in [-0.4, -0.2) is 27.9 Å². The number of hydrogen-bond acceptors (Lipinski definition) is 3. The third-order valence-electron chi connectivity index (χ3n) is 3.16. The van der Waals surface area contributed by atoms with Gasteiger partial charge in [-0.3, -0.25) is 0 Å². The zero-order valence-electron chi connectivity index (χ0n) is 10.5. The molecule has 0 saturated carbocycles. The second-order valence-corrected chi connectivity index (χ2v) is 5.13. The van der Waals surface area contributed by atoms with Crippen molar-refractivity contribution in [2.24, 2.45) is 5.92 Å². The lowest BCUT2D eigenvalue weighted by Gasteiger charge is -2.26. The van der Waals surface area contributed by atoms with Gasteiger partial charge in [-0.15, -0.1) is 10.2 Å². The number of hydrogen-bond donors (Lipinski definition) is 1. The fourth-order valence-electron chi connectivity index (χ4n) is 2.45. The Bertz CT molecular complexity index is 337. The zero-order chi connectivity index (χ0) is 11.5. The van der Waals surface area contributed by atoms with Gasteiger partial charge in [0.25, 0.3) is 0 Å². The molecular weight excluding hydrogens is 200 g/mol. The van der Waals surface area contributed by atoms with Crippen molar-refractivity contribution in [2.45, 2.75) is 46.1 Å². The van der Waals surface area contributed by atoms with E-state index in [4.69, 9.17) is 0 Å². The van der Waals surface area contributed by atoms with Gasteiger partial charge in [0, 0.05) is 19.0 Å². The fraction of sp³-hybridized carbons (Fsp3) is 0.833. The van der Waals surface area contributed by atoms with Crippen molar-refractivity contribution in [3.63, 3.8) is 0 Å². The van der Waals surface area contributed by atoms with E-state index in [1.54, 1.807) is 0 Å². The van der Waals surface area contributed by atoms with Gasteiger partial charge >= 0.3 is 0 Å². The summed E-state index contributed by atoms with van der Waals surface area (Å²) in [4.78, 5) is 0. The van der Waals surface area contributed by atoms with E-state index in [9.17, 15) is 0 Å². The summed E-state index contributed by atoms with van der Waals surface area (Å²) in [5.74, 6) is 2.85. The van der Waals surface area contributed by atoms with E-state index in [1.807, 2.05) is 0 Å². The summed E-state index contributed by atoms with van der Waals surface area (Å²) in [5.41, 5.74) is 0. The first-order valence-electron chi connectivity index (χ1n) is 6.29. The lowest BCUT2D eigenvalue weighted by Crippen LogP contribution is -2.33. The first-order valence-corrected chi connectivity index (χ1v) is 6.29. The largest absolute Gasteiger partial charge is 0.315 e. The minimum absolute atomic E-state index is 0.553. The van der Waals surface area contributed by atoms with Crippen molar-refractivity contribution >= 4 is 0 Å². The maximum absolute atomic E-state index is 4.32. The van der Waals surface area contributed by atoms with Crippen LogP contribution >= 0.6 is 0 Å². The standard InChI is InChI=1S/C12H22N4/c1-9(2)7-12-15-14-10(3)16(12)11-5-4-6-13-8-11/h9,11,13H,4-8H2,1-3H3. The SMILES string of the molecule is Cc1nnc(CC(C)C)n1C1CCCNC1. The molecule has 1 atom stereocenters. The summed E-state index contributed by atoms with van der Waals surface area (Å²) in [6.07, 6.45) is 3.53. The zero-order valence-corrected chi connectivity index (χ0v) is 10.5. The molecule has 1 N–H and O–H groups in total. The van der Waals surface area contributed by atoms with Gasteiger partial charge < -0.3 is 9.88 Å². The number of nitrogens with zero attached hydrogens (tertiary/aromatic N) is 3. The Morgan fingerprint density at radius 2 is 2.25 bits per heavy atom. The highest BCUT2D eigenvalue weighted by Gasteiger charge is 2.20. The summed E-state index contributed by atoms with van der Waals surface area (Å²) in [6.45, 7) is 8.73. The maximum Gasteiger partial charge on any atom is 0.133 e. The van der Waals surface area contributed by atoms with Crippen molar-refractivity contribution in [3.8, 4) is 0 Å². The molecule has 4 heteroatoms. The van der Waals surface area contributed by atoms with Crippen LogP contribution in [0, 0.1) is 12.8 Å². The van der Waals surface area contributed by atoms with E-state index in [2.05, 4.69) is 40.9 Å². The Morgan fingerprint density at radius 1 is 1.44 bits per heavy atom. The van der Waals surface area contributed by atoms with Crippen LogP contribution in [0.5, 0.6) is 0 Å². The Morgan fingerprint density at radius 3 is 2.88 bits per heavy atom. The summed E-state index contributed by atoms with van der Waals surface area (Å²) >= 11 is 0. The minimum Gasteiger partial charge on any atom is -0.315 e. The summed E-state index contributed by atoms with van der Waals surface area (Å²) < 4.78 is 2.34. The average molecular weight is 222 g/mol. The van der Waals surface area contributed by atoms with Crippen molar-refractivity contribution < 1.29 is 0 Å². The van der Waals surface area contributed by atoms with Gasteiger partial charge in [-0.1, -0.05) is 13.8 Å². The molecule has 90 valence electrons.